The maximum atomic E-state index is 12.3. The average molecular weight is 297 g/mol. The van der Waals surface area contributed by atoms with Crippen molar-refractivity contribution in [3.8, 4) is 6.07 Å². The summed E-state index contributed by atoms with van der Waals surface area (Å²) < 4.78 is 0. The first-order valence-corrected chi connectivity index (χ1v) is 7.38. The summed E-state index contributed by atoms with van der Waals surface area (Å²) in [6.45, 7) is 11.3. The molecular weight excluding hydrogens is 268 g/mol. The van der Waals surface area contributed by atoms with Crippen LogP contribution < -0.4 is 15.5 Å². The van der Waals surface area contributed by atoms with Gasteiger partial charge in [-0.2, -0.15) is 5.26 Å². The van der Waals surface area contributed by atoms with Crippen LogP contribution in [-0.4, -0.2) is 43.0 Å². The largest absolute Gasteiger partial charge is 0.349 e. The number of nitrogens with one attached hydrogen (secondary N) is 3. The van der Waals surface area contributed by atoms with E-state index in [4.69, 9.17) is 0 Å². The number of amides is 2. The molecule has 0 spiro atoms. The Morgan fingerprint density at radius 2 is 1.76 bits per heavy atom. The van der Waals surface area contributed by atoms with Gasteiger partial charge in [0, 0.05) is 6.04 Å². The normalized spacial score (nSPS) is 16.8. The summed E-state index contributed by atoms with van der Waals surface area (Å²) in [5.41, 5.74) is -0.897. The molecular formula is C15H29N4O2+. The highest BCUT2D eigenvalue weighted by Gasteiger charge is 2.34. The van der Waals surface area contributed by atoms with Crippen molar-refractivity contribution in [2.45, 2.75) is 59.2 Å². The predicted molar refractivity (Wildman–Crippen MR) is 81.5 cm³/mol. The minimum absolute atomic E-state index is 0.00296. The van der Waals surface area contributed by atoms with E-state index >= 15 is 0 Å². The molecule has 6 heteroatoms. The van der Waals surface area contributed by atoms with Gasteiger partial charge in [0.2, 0.25) is 0 Å². The van der Waals surface area contributed by atoms with E-state index in [2.05, 4.69) is 16.7 Å². The lowest BCUT2D eigenvalue weighted by Crippen LogP contribution is -3.15. The maximum Gasteiger partial charge on any atom is 0.279 e. The number of carbonyl (C=O) groups excluding carboxylic acids is 2. The smallest absolute Gasteiger partial charge is 0.279 e. The molecule has 0 aliphatic rings. The molecule has 0 aliphatic heterocycles. The molecule has 0 aromatic rings. The third-order valence-corrected chi connectivity index (χ3v) is 3.79. The maximum absolute atomic E-state index is 12.3. The topological polar surface area (TPSA) is 86.4 Å². The van der Waals surface area contributed by atoms with Gasteiger partial charge in [0.05, 0.1) is 13.1 Å². The first-order valence-electron chi connectivity index (χ1n) is 7.38. The number of likely N-dealkylation sites (N-methyl/N-ethyl adjacent to an activating group) is 1. The van der Waals surface area contributed by atoms with Crippen LogP contribution in [0.15, 0.2) is 0 Å². The van der Waals surface area contributed by atoms with E-state index in [1.165, 1.54) is 0 Å². The number of rotatable bonds is 7. The zero-order valence-electron chi connectivity index (χ0n) is 14.2. The van der Waals surface area contributed by atoms with Crippen LogP contribution in [0, 0.1) is 17.2 Å². The van der Waals surface area contributed by atoms with Crippen LogP contribution in [-0.2, 0) is 9.59 Å². The summed E-state index contributed by atoms with van der Waals surface area (Å²) in [6.07, 6.45) is 0. The van der Waals surface area contributed by atoms with Crippen molar-refractivity contribution >= 4 is 11.8 Å². The fourth-order valence-electron chi connectivity index (χ4n) is 1.67. The van der Waals surface area contributed by atoms with Gasteiger partial charge in [0.25, 0.3) is 11.8 Å². The highest BCUT2D eigenvalue weighted by atomic mass is 16.2. The first-order chi connectivity index (χ1) is 9.53. The van der Waals surface area contributed by atoms with Crippen LogP contribution in [0.3, 0.4) is 0 Å². The van der Waals surface area contributed by atoms with Crippen molar-refractivity contribution in [1.82, 2.24) is 10.6 Å². The van der Waals surface area contributed by atoms with E-state index in [0.29, 0.717) is 0 Å². The Labute approximate surface area is 127 Å². The molecule has 0 aromatic carbocycles. The molecule has 3 atom stereocenters. The predicted octanol–water partition coefficient (Wildman–Crippen LogP) is -0.531. The number of nitrogens with zero attached hydrogens (tertiary/aromatic N) is 1. The number of hydrogen-bond acceptors (Lipinski definition) is 3. The van der Waals surface area contributed by atoms with Crippen molar-refractivity contribution in [3.63, 3.8) is 0 Å². The van der Waals surface area contributed by atoms with Gasteiger partial charge in [-0.15, -0.1) is 0 Å². The molecule has 0 heterocycles. The Hall–Kier alpha value is -1.61. The van der Waals surface area contributed by atoms with E-state index < -0.39 is 11.6 Å². The zero-order chi connectivity index (χ0) is 16.8. The monoisotopic (exact) mass is 297 g/mol. The van der Waals surface area contributed by atoms with Crippen LogP contribution in [0.1, 0.15) is 41.5 Å². The van der Waals surface area contributed by atoms with Crippen LogP contribution in [0.2, 0.25) is 0 Å². The number of carbonyl (C=O) groups is 2. The molecule has 0 saturated heterocycles. The van der Waals surface area contributed by atoms with Gasteiger partial charge in [-0.1, -0.05) is 13.8 Å². The van der Waals surface area contributed by atoms with Crippen molar-refractivity contribution < 1.29 is 14.5 Å². The Bertz CT molecular complexity index is 414. The van der Waals surface area contributed by atoms with Crippen molar-refractivity contribution in [1.29, 1.82) is 5.26 Å². The molecule has 0 saturated carbocycles. The first kappa shape index (κ1) is 19.4. The third kappa shape index (κ3) is 6.13. The van der Waals surface area contributed by atoms with Gasteiger partial charge >= 0.3 is 0 Å². The summed E-state index contributed by atoms with van der Waals surface area (Å²) in [7, 11) is 1.79. The second kappa shape index (κ2) is 7.99. The lowest BCUT2D eigenvalue weighted by molar-refractivity contribution is -0.886. The van der Waals surface area contributed by atoms with Crippen molar-refractivity contribution in [2.24, 2.45) is 5.92 Å². The number of quaternary nitrogens is 1. The molecule has 120 valence electrons. The summed E-state index contributed by atoms with van der Waals surface area (Å²) in [5, 5.41) is 14.8. The Kier molecular flexibility index (Phi) is 7.37. The van der Waals surface area contributed by atoms with Gasteiger partial charge in [-0.3, -0.25) is 9.59 Å². The highest BCUT2D eigenvalue weighted by molar-refractivity contribution is 5.82. The molecule has 0 bridgehead atoms. The standard InChI is InChI=1S/C15H28N4O2/c1-10(2)15(6,9-16)18-14(21)12(5)19(7)8-13(20)17-11(3)4/h10-12H,8H2,1-7H3,(H,17,20)(H,18,21)/p+1/t12-,15-/m0/s1. The molecule has 0 aromatic heterocycles. The van der Waals surface area contributed by atoms with Gasteiger partial charge in [0.15, 0.2) is 12.6 Å². The van der Waals surface area contributed by atoms with Crippen molar-refractivity contribution in [3.05, 3.63) is 0 Å². The zero-order valence-corrected chi connectivity index (χ0v) is 14.2. The van der Waals surface area contributed by atoms with Crippen LogP contribution in [0.4, 0.5) is 0 Å². The van der Waals surface area contributed by atoms with Gasteiger partial charge in [-0.05, 0) is 33.6 Å². The minimum Gasteiger partial charge on any atom is -0.349 e. The van der Waals surface area contributed by atoms with E-state index in [9.17, 15) is 14.9 Å². The van der Waals surface area contributed by atoms with Crippen LogP contribution in [0.5, 0.6) is 0 Å². The lowest BCUT2D eigenvalue weighted by atomic mass is 9.90. The number of nitriles is 1. The second-order valence-electron chi connectivity index (χ2n) is 6.43. The van der Waals surface area contributed by atoms with Crippen LogP contribution >= 0.6 is 0 Å². The molecule has 2 amide bonds. The Morgan fingerprint density at radius 1 is 1.24 bits per heavy atom. The fraction of sp³-hybridized carbons (Fsp3) is 0.800. The highest BCUT2D eigenvalue weighted by Crippen LogP contribution is 2.14. The van der Waals surface area contributed by atoms with Crippen LogP contribution in [0.25, 0.3) is 0 Å². The van der Waals surface area contributed by atoms with Gasteiger partial charge in [0.1, 0.15) is 5.54 Å². The van der Waals surface area contributed by atoms with E-state index in [-0.39, 0.29) is 30.3 Å². The molecule has 0 rings (SSSR count). The van der Waals surface area contributed by atoms with Crippen molar-refractivity contribution in [2.75, 3.05) is 13.6 Å². The third-order valence-electron chi connectivity index (χ3n) is 3.79. The second-order valence-corrected chi connectivity index (χ2v) is 6.43. The summed E-state index contributed by atoms with van der Waals surface area (Å²) in [4.78, 5) is 24.8. The fourth-order valence-corrected chi connectivity index (χ4v) is 1.67. The summed E-state index contributed by atoms with van der Waals surface area (Å²) >= 11 is 0. The van der Waals surface area contributed by atoms with E-state index in [0.717, 1.165) is 4.90 Å². The summed E-state index contributed by atoms with van der Waals surface area (Å²) in [5.74, 6) is -0.306. The molecule has 1 unspecified atom stereocenters. The number of hydrogen-bond donors (Lipinski definition) is 3. The Balaban J connectivity index is 4.64. The molecule has 0 aliphatic carbocycles. The van der Waals surface area contributed by atoms with Gasteiger partial charge < -0.3 is 15.5 Å². The molecule has 0 radical (unpaired) electrons. The lowest BCUT2D eigenvalue weighted by Gasteiger charge is -2.30. The molecule has 6 nitrogen and oxygen atoms in total. The quantitative estimate of drug-likeness (QED) is 0.590. The van der Waals surface area contributed by atoms with E-state index in [1.54, 1.807) is 20.9 Å². The molecule has 3 N–H and O–H groups in total. The SMILES string of the molecule is CC(C)NC(=O)C[NH+](C)[C@@H](C)C(=O)N[C@@](C)(C#N)C(C)C. The minimum atomic E-state index is -0.897. The summed E-state index contributed by atoms with van der Waals surface area (Å²) in [6, 6.07) is 1.82. The Morgan fingerprint density at radius 3 is 2.14 bits per heavy atom. The molecule has 0 fully saturated rings. The van der Waals surface area contributed by atoms with E-state index in [1.807, 2.05) is 27.7 Å². The van der Waals surface area contributed by atoms with Gasteiger partial charge in [-0.25, -0.2) is 0 Å². The molecule has 21 heavy (non-hydrogen) atoms. The average Bonchev–Trinajstić information content (AvgIpc) is 2.35.